The highest BCUT2D eigenvalue weighted by Gasteiger charge is 2.31. The van der Waals surface area contributed by atoms with Crippen molar-refractivity contribution < 1.29 is 10.2 Å². The average molecular weight is 280 g/mol. The van der Waals surface area contributed by atoms with E-state index in [0.717, 1.165) is 42.4 Å². The Bertz CT molecular complexity index is 457. The summed E-state index contributed by atoms with van der Waals surface area (Å²) >= 11 is 0. The molecule has 112 valence electrons. The zero-order chi connectivity index (χ0) is 14.7. The van der Waals surface area contributed by atoms with Gasteiger partial charge in [0.1, 0.15) is 17.5 Å². The van der Waals surface area contributed by atoms with Crippen LogP contribution in [0.25, 0.3) is 0 Å². The Labute approximate surface area is 119 Å². The number of aliphatic hydroxyl groups excluding tert-OH is 2. The molecule has 0 aromatic carbocycles. The Morgan fingerprint density at radius 2 is 1.85 bits per heavy atom. The monoisotopic (exact) mass is 280 g/mol. The van der Waals surface area contributed by atoms with Gasteiger partial charge in [0.05, 0.1) is 12.2 Å². The molecular weight excluding hydrogens is 256 g/mol. The molecule has 0 saturated carbocycles. The minimum Gasteiger partial charge on any atom is -0.389 e. The number of nitrogens with zero attached hydrogens (tertiary/aromatic N) is 3. The van der Waals surface area contributed by atoms with Gasteiger partial charge in [0, 0.05) is 31.6 Å². The second-order valence-corrected chi connectivity index (χ2v) is 5.26. The van der Waals surface area contributed by atoms with Crippen LogP contribution in [0.2, 0.25) is 0 Å². The SMILES string of the molecule is CCCc1nc(NCC)c(C)c(N2CC(O)C(O)C2)n1. The number of β-amino-alcohol motifs (C(OH)–C–C–N with tert-alkyl or cyclic N) is 2. The second-order valence-electron chi connectivity index (χ2n) is 5.26. The number of rotatable bonds is 5. The molecule has 6 nitrogen and oxygen atoms in total. The number of nitrogens with one attached hydrogen (secondary N) is 1. The maximum absolute atomic E-state index is 9.71. The minimum absolute atomic E-state index is 0.413. The van der Waals surface area contributed by atoms with E-state index in [0.29, 0.717) is 13.1 Å². The van der Waals surface area contributed by atoms with Crippen molar-refractivity contribution in [3.63, 3.8) is 0 Å². The molecule has 2 heterocycles. The van der Waals surface area contributed by atoms with E-state index >= 15 is 0 Å². The van der Waals surface area contributed by atoms with Crippen LogP contribution in [-0.2, 0) is 6.42 Å². The summed E-state index contributed by atoms with van der Waals surface area (Å²) in [7, 11) is 0. The van der Waals surface area contributed by atoms with E-state index in [-0.39, 0.29) is 0 Å². The quantitative estimate of drug-likeness (QED) is 0.737. The van der Waals surface area contributed by atoms with Gasteiger partial charge >= 0.3 is 0 Å². The third kappa shape index (κ3) is 3.02. The molecule has 0 aliphatic carbocycles. The van der Waals surface area contributed by atoms with Crippen LogP contribution in [0.1, 0.15) is 31.7 Å². The smallest absolute Gasteiger partial charge is 0.137 e. The van der Waals surface area contributed by atoms with Crippen LogP contribution < -0.4 is 10.2 Å². The molecule has 1 aliphatic heterocycles. The third-order valence-corrected chi connectivity index (χ3v) is 3.54. The molecule has 1 saturated heterocycles. The third-order valence-electron chi connectivity index (χ3n) is 3.54. The molecule has 2 unspecified atom stereocenters. The first-order valence-electron chi connectivity index (χ1n) is 7.29. The van der Waals surface area contributed by atoms with E-state index in [1.54, 1.807) is 0 Å². The Morgan fingerprint density at radius 1 is 1.20 bits per heavy atom. The number of aromatic nitrogens is 2. The Kier molecular flexibility index (Phi) is 4.77. The molecule has 0 amide bonds. The van der Waals surface area contributed by atoms with Gasteiger partial charge in [-0.3, -0.25) is 0 Å². The van der Waals surface area contributed by atoms with Crippen molar-refractivity contribution in [2.24, 2.45) is 0 Å². The van der Waals surface area contributed by atoms with Gasteiger partial charge < -0.3 is 20.4 Å². The first-order valence-corrected chi connectivity index (χ1v) is 7.29. The highest BCUT2D eigenvalue weighted by Crippen LogP contribution is 2.27. The lowest BCUT2D eigenvalue weighted by Crippen LogP contribution is -2.24. The summed E-state index contributed by atoms with van der Waals surface area (Å²) in [5, 5.41) is 22.7. The van der Waals surface area contributed by atoms with Crippen molar-refractivity contribution >= 4 is 11.6 Å². The Morgan fingerprint density at radius 3 is 2.40 bits per heavy atom. The first kappa shape index (κ1) is 15.0. The van der Waals surface area contributed by atoms with Gasteiger partial charge in [-0.1, -0.05) is 6.92 Å². The molecule has 0 radical (unpaired) electrons. The van der Waals surface area contributed by atoms with E-state index in [2.05, 4.69) is 22.2 Å². The van der Waals surface area contributed by atoms with Gasteiger partial charge in [-0.05, 0) is 20.3 Å². The fraction of sp³-hybridized carbons (Fsp3) is 0.714. The molecule has 0 spiro atoms. The average Bonchev–Trinajstić information content (AvgIpc) is 2.74. The van der Waals surface area contributed by atoms with Crippen LogP contribution in [0.5, 0.6) is 0 Å². The van der Waals surface area contributed by atoms with Crippen LogP contribution >= 0.6 is 0 Å². The highest BCUT2D eigenvalue weighted by atomic mass is 16.3. The lowest BCUT2D eigenvalue weighted by atomic mass is 10.2. The predicted molar refractivity (Wildman–Crippen MR) is 79.2 cm³/mol. The number of hydrogen-bond donors (Lipinski definition) is 3. The number of aliphatic hydroxyl groups is 2. The normalized spacial score (nSPS) is 22.4. The fourth-order valence-corrected chi connectivity index (χ4v) is 2.48. The molecule has 1 aromatic heterocycles. The summed E-state index contributed by atoms with van der Waals surface area (Å²) in [5.74, 6) is 2.46. The summed E-state index contributed by atoms with van der Waals surface area (Å²) in [6.07, 6.45) is 0.396. The topological polar surface area (TPSA) is 81.5 Å². The van der Waals surface area contributed by atoms with Crippen molar-refractivity contribution in [1.29, 1.82) is 0 Å². The van der Waals surface area contributed by atoms with Crippen LogP contribution in [0, 0.1) is 6.92 Å². The van der Waals surface area contributed by atoms with Gasteiger partial charge in [0.15, 0.2) is 0 Å². The maximum Gasteiger partial charge on any atom is 0.137 e. The molecule has 2 atom stereocenters. The molecule has 1 aliphatic rings. The number of hydrogen-bond acceptors (Lipinski definition) is 6. The van der Waals surface area contributed by atoms with E-state index in [9.17, 15) is 10.2 Å². The van der Waals surface area contributed by atoms with Gasteiger partial charge in [0.2, 0.25) is 0 Å². The largest absolute Gasteiger partial charge is 0.389 e. The zero-order valence-electron chi connectivity index (χ0n) is 12.4. The minimum atomic E-state index is -0.707. The number of aryl methyl sites for hydroxylation is 1. The van der Waals surface area contributed by atoms with Crippen LogP contribution in [0.4, 0.5) is 11.6 Å². The van der Waals surface area contributed by atoms with Crippen molar-refractivity contribution in [2.45, 2.75) is 45.8 Å². The van der Waals surface area contributed by atoms with Crippen molar-refractivity contribution in [3.8, 4) is 0 Å². The first-order chi connectivity index (χ1) is 9.56. The van der Waals surface area contributed by atoms with Gasteiger partial charge in [-0.25, -0.2) is 9.97 Å². The standard InChI is InChI=1S/C14H24N4O2/c1-4-6-12-16-13(15-5-2)9(3)14(17-12)18-7-10(19)11(20)8-18/h10-11,19-20H,4-8H2,1-3H3,(H,15,16,17). The summed E-state index contributed by atoms with van der Waals surface area (Å²) < 4.78 is 0. The Hall–Kier alpha value is -1.40. The number of anilines is 2. The Balaban J connectivity index is 2.35. The van der Waals surface area contributed by atoms with E-state index < -0.39 is 12.2 Å². The summed E-state index contributed by atoms with van der Waals surface area (Å²) in [5.41, 5.74) is 0.966. The van der Waals surface area contributed by atoms with E-state index in [1.165, 1.54) is 0 Å². The maximum atomic E-state index is 9.71. The molecule has 1 fully saturated rings. The summed E-state index contributed by atoms with van der Waals surface area (Å²) in [6, 6.07) is 0. The van der Waals surface area contributed by atoms with Gasteiger partial charge in [-0.15, -0.1) is 0 Å². The lowest BCUT2D eigenvalue weighted by molar-refractivity contribution is 0.0572. The molecule has 3 N–H and O–H groups in total. The zero-order valence-corrected chi connectivity index (χ0v) is 12.4. The molecule has 2 rings (SSSR count). The molecule has 0 bridgehead atoms. The highest BCUT2D eigenvalue weighted by molar-refractivity contribution is 5.59. The fourth-order valence-electron chi connectivity index (χ4n) is 2.48. The molecular formula is C14H24N4O2. The molecule has 20 heavy (non-hydrogen) atoms. The van der Waals surface area contributed by atoms with E-state index in [1.807, 2.05) is 18.7 Å². The van der Waals surface area contributed by atoms with Gasteiger partial charge in [-0.2, -0.15) is 0 Å². The second kappa shape index (κ2) is 6.37. The molecule has 1 aromatic rings. The summed E-state index contributed by atoms with van der Waals surface area (Å²) in [6.45, 7) is 7.73. The van der Waals surface area contributed by atoms with Crippen LogP contribution in [0.15, 0.2) is 0 Å². The van der Waals surface area contributed by atoms with E-state index in [4.69, 9.17) is 0 Å². The summed E-state index contributed by atoms with van der Waals surface area (Å²) in [4.78, 5) is 11.1. The van der Waals surface area contributed by atoms with Crippen molar-refractivity contribution in [2.75, 3.05) is 29.9 Å². The lowest BCUT2D eigenvalue weighted by Gasteiger charge is -2.21. The van der Waals surface area contributed by atoms with Gasteiger partial charge in [0.25, 0.3) is 0 Å². The van der Waals surface area contributed by atoms with Crippen LogP contribution in [0.3, 0.4) is 0 Å². The van der Waals surface area contributed by atoms with Crippen molar-refractivity contribution in [3.05, 3.63) is 11.4 Å². The molecule has 6 heteroatoms. The van der Waals surface area contributed by atoms with Crippen molar-refractivity contribution in [1.82, 2.24) is 9.97 Å². The predicted octanol–water partition coefficient (Wildman–Crippen LogP) is 0.711. The van der Waals surface area contributed by atoms with Crippen LogP contribution in [-0.4, -0.2) is 52.0 Å².